The van der Waals surface area contributed by atoms with Gasteiger partial charge < -0.3 is 29.3 Å². The highest BCUT2D eigenvalue weighted by molar-refractivity contribution is 6.04. The number of nitrogens with one attached hydrogen (secondary N) is 2. The fraction of sp³-hybridized carbons (Fsp3) is 0.393. The number of alkyl halides is 1. The van der Waals surface area contributed by atoms with Crippen LogP contribution in [0.5, 0.6) is 23.2 Å². The summed E-state index contributed by atoms with van der Waals surface area (Å²) in [6, 6.07) is 10.8. The fourth-order valence-corrected chi connectivity index (χ4v) is 4.66. The monoisotopic (exact) mass is 495 g/mol. The third-order valence-corrected chi connectivity index (χ3v) is 6.56. The summed E-state index contributed by atoms with van der Waals surface area (Å²) in [6.45, 7) is 6.15. The normalized spacial score (nSPS) is 14.1. The third-order valence-electron chi connectivity index (χ3n) is 6.56. The van der Waals surface area contributed by atoms with Crippen molar-refractivity contribution in [3.63, 3.8) is 0 Å². The van der Waals surface area contributed by atoms with Crippen LogP contribution in [-0.2, 0) is 11.8 Å². The molecule has 8 heteroatoms. The SMILES string of the molecule is COc1cc(NCC[18F])cc(OC)c1NC(=O)c1ccc(Oc2cc3c(cc2C)CCCC3(C)C)o1. The van der Waals surface area contributed by atoms with E-state index in [4.69, 9.17) is 18.6 Å². The van der Waals surface area contributed by atoms with E-state index in [1.165, 1.54) is 31.8 Å². The van der Waals surface area contributed by atoms with Crippen molar-refractivity contribution in [3.05, 3.63) is 58.8 Å². The number of aryl methyl sites for hydroxylation is 2. The topological polar surface area (TPSA) is 82.0 Å². The molecule has 0 spiro atoms. The standard InChI is InChI=1S/C28H33FN2O5/c1-17-13-18-7-6-10-28(2,3)20(18)16-22(17)36-25-9-8-21(35-25)27(32)31-26-23(33-4)14-19(30-12-11-29)15-24(26)34-5/h8-9,13-16,30H,6-7,10-12H2,1-5H3,(H,31,32)/i29-1. The lowest BCUT2D eigenvalue weighted by atomic mass is 9.72. The van der Waals surface area contributed by atoms with Crippen molar-refractivity contribution in [2.45, 2.75) is 45.4 Å². The Morgan fingerprint density at radius 1 is 1.08 bits per heavy atom. The molecule has 2 aromatic carbocycles. The molecule has 1 heterocycles. The number of methoxy groups -OCH3 is 2. The molecule has 4 rings (SSSR count). The summed E-state index contributed by atoms with van der Waals surface area (Å²) >= 11 is 0. The molecular formula is C28H33FN2O5. The first kappa shape index (κ1) is 25.4. The molecule has 0 aliphatic heterocycles. The van der Waals surface area contributed by atoms with Gasteiger partial charge in [-0.25, -0.2) is 4.39 Å². The van der Waals surface area contributed by atoms with Crippen LogP contribution in [0.15, 0.2) is 40.8 Å². The van der Waals surface area contributed by atoms with Crippen molar-refractivity contribution in [3.8, 4) is 23.2 Å². The highest BCUT2D eigenvalue weighted by Crippen LogP contribution is 2.41. The lowest BCUT2D eigenvalue weighted by molar-refractivity contribution is 0.0991. The Balaban J connectivity index is 1.53. The summed E-state index contributed by atoms with van der Waals surface area (Å²) < 4.78 is 35.2. The highest BCUT2D eigenvalue weighted by atomic mass is 18.2. The number of hydrogen-bond acceptors (Lipinski definition) is 6. The second-order valence-corrected chi connectivity index (χ2v) is 9.56. The second-order valence-electron chi connectivity index (χ2n) is 9.56. The smallest absolute Gasteiger partial charge is 0.291 e. The number of halogens is 1. The van der Waals surface area contributed by atoms with Crippen LogP contribution >= 0.6 is 0 Å². The lowest BCUT2D eigenvalue weighted by Crippen LogP contribution is -2.23. The van der Waals surface area contributed by atoms with E-state index in [9.17, 15) is 9.18 Å². The first-order chi connectivity index (χ1) is 17.2. The summed E-state index contributed by atoms with van der Waals surface area (Å²) in [7, 11) is 2.95. The molecule has 1 aromatic heterocycles. The molecule has 0 unspecified atom stereocenters. The summed E-state index contributed by atoms with van der Waals surface area (Å²) in [6.07, 6.45) is 3.39. The number of amides is 1. The van der Waals surface area contributed by atoms with Gasteiger partial charge in [0.25, 0.3) is 11.9 Å². The minimum absolute atomic E-state index is 0.0738. The molecule has 36 heavy (non-hydrogen) atoms. The summed E-state index contributed by atoms with van der Waals surface area (Å²) in [5.41, 5.74) is 4.71. The summed E-state index contributed by atoms with van der Waals surface area (Å²) in [5, 5.41) is 5.71. The average molecular weight is 496 g/mol. The van der Waals surface area contributed by atoms with Crippen molar-refractivity contribution in [1.29, 1.82) is 0 Å². The Morgan fingerprint density at radius 3 is 2.47 bits per heavy atom. The number of furan rings is 1. The van der Waals surface area contributed by atoms with Gasteiger partial charge in [0, 0.05) is 30.4 Å². The zero-order chi connectivity index (χ0) is 25.9. The molecule has 1 amide bonds. The number of carbonyl (C=O) groups excluding carboxylic acids is 1. The van der Waals surface area contributed by atoms with Crippen LogP contribution in [0.25, 0.3) is 0 Å². The Kier molecular flexibility index (Phi) is 7.43. The minimum Gasteiger partial charge on any atom is -0.494 e. The molecule has 0 atom stereocenters. The summed E-state index contributed by atoms with van der Waals surface area (Å²) in [4.78, 5) is 13.0. The zero-order valence-electron chi connectivity index (χ0n) is 21.4. The maximum atomic E-state index is 13.0. The van der Waals surface area contributed by atoms with Gasteiger partial charge in [0.2, 0.25) is 0 Å². The molecule has 0 saturated carbocycles. The first-order valence-corrected chi connectivity index (χ1v) is 12.0. The van der Waals surface area contributed by atoms with Crippen molar-refractivity contribution in [2.24, 2.45) is 0 Å². The molecule has 0 saturated heterocycles. The van der Waals surface area contributed by atoms with Crippen LogP contribution in [-0.4, -0.2) is 33.3 Å². The van der Waals surface area contributed by atoms with Crippen LogP contribution in [0.3, 0.4) is 0 Å². The van der Waals surface area contributed by atoms with Gasteiger partial charge in [-0.3, -0.25) is 4.79 Å². The molecular weight excluding hydrogens is 462 g/mol. The molecule has 0 radical (unpaired) electrons. The van der Waals surface area contributed by atoms with Gasteiger partial charge in [-0.15, -0.1) is 0 Å². The summed E-state index contributed by atoms with van der Waals surface area (Å²) in [5.74, 6) is 1.24. The van der Waals surface area contributed by atoms with Gasteiger partial charge in [0.15, 0.2) is 5.76 Å². The lowest BCUT2D eigenvalue weighted by Gasteiger charge is -2.33. The molecule has 3 aromatic rings. The largest absolute Gasteiger partial charge is 0.494 e. The molecule has 192 valence electrons. The average Bonchev–Trinajstić information content (AvgIpc) is 3.32. The van der Waals surface area contributed by atoms with E-state index in [1.54, 1.807) is 24.3 Å². The van der Waals surface area contributed by atoms with Crippen molar-refractivity contribution >= 4 is 17.3 Å². The van der Waals surface area contributed by atoms with Crippen molar-refractivity contribution < 1.29 is 27.8 Å². The van der Waals surface area contributed by atoms with Gasteiger partial charge in [-0.05, 0) is 60.4 Å². The van der Waals surface area contributed by atoms with Crippen LogP contribution in [0.2, 0.25) is 0 Å². The highest BCUT2D eigenvalue weighted by Gasteiger charge is 2.28. The van der Waals surface area contributed by atoms with Gasteiger partial charge in [-0.1, -0.05) is 19.9 Å². The number of rotatable bonds is 9. The second kappa shape index (κ2) is 10.5. The number of benzene rings is 2. The zero-order valence-corrected chi connectivity index (χ0v) is 21.4. The van der Waals surface area contributed by atoms with Crippen LogP contribution in [0.4, 0.5) is 15.8 Å². The van der Waals surface area contributed by atoms with E-state index in [0.717, 1.165) is 18.4 Å². The molecule has 1 aliphatic carbocycles. The van der Waals surface area contributed by atoms with E-state index in [0.29, 0.717) is 28.6 Å². The Labute approximate surface area is 210 Å². The molecule has 1 aliphatic rings. The fourth-order valence-electron chi connectivity index (χ4n) is 4.66. The first-order valence-electron chi connectivity index (χ1n) is 12.0. The van der Waals surface area contributed by atoms with Crippen molar-refractivity contribution in [2.75, 3.05) is 38.1 Å². The maximum Gasteiger partial charge on any atom is 0.291 e. The minimum atomic E-state index is -0.519. The number of hydrogen-bond donors (Lipinski definition) is 2. The molecule has 2 N–H and O–H groups in total. The number of carbonyl (C=O) groups is 1. The van der Waals surface area contributed by atoms with Gasteiger partial charge in [0.1, 0.15) is 29.6 Å². The van der Waals surface area contributed by atoms with Crippen LogP contribution < -0.4 is 24.8 Å². The van der Waals surface area contributed by atoms with Gasteiger partial charge >= 0.3 is 0 Å². The predicted octanol–water partition coefficient (Wildman–Crippen LogP) is 6.65. The number of ether oxygens (including phenoxy) is 3. The van der Waals surface area contributed by atoms with Crippen molar-refractivity contribution in [1.82, 2.24) is 0 Å². The Morgan fingerprint density at radius 2 is 1.81 bits per heavy atom. The molecule has 7 nitrogen and oxygen atoms in total. The molecule has 0 bridgehead atoms. The Hall–Kier alpha value is -3.68. The van der Waals surface area contributed by atoms with Gasteiger partial charge in [-0.2, -0.15) is 0 Å². The number of anilines is 2. The van der Waals surface area contributed by atoms with E-state index in [2.05, 4.69) is 36.6 Å². The van der Waals surface area contributed by atoms with Gasteiger partial charge in [0.05, 0.1) is 14.2 Å². The van der Waals surface area contributed by atoms with E-state index < -0.39 is 12.6 Å². The number of fused-ring (bicyclic) bond motifs is 1. The maximum absolute atomic E-state index is 13.0. The molecule has 0 fully saturated rings. The van der Waals surface area contributed by atoms with Crippen LogP contribution in [0, 0.1) is 6.92 Å². The van der Waals surface area contributed by atoms with E-state index in [1.807, 2.05) is 6.92 Å². The quantitative estimate of drug-likeness (QED) is 0.346. The van der Waals surface area contributed by atoms with E-state index >= 15 is 0 Å². The van der Waals surface area contributed by atoms with E-state index in [-0.39, 0.29) is 23.7 Å². The third kappa shape index (κ3) is 5.27. The predicted molar refractivity (Wildman–Crippen MR) is 138 cm³/mol. The Bertz CT molecular complexity index is 1230. The van der Waals surface area contributed by atoms with Crippen LogP contribution in [0.1, 0.15) is 53.9 Å².